The fourth-order valence-corrected chi connectivity index (χ4v) is 8.53. The Bertz CT molecular complexity index is 1040. The summed E-state index contributed by atoms with van der Waals surface area (Å²) in [5.41, 5.74) is 2.42. The van der Waals surface area contributed by atoms with E-state index in [4.69, 9.17) is 20.4 Å². The molecule has 192 valence electrons. The molecule has 7 rings (SSSR count). The summed E-state index contributed by atoms with van der Waals surface area (Å²) in [7, 11) is 2.18. The van der Waals surface area contributed by atoms with Gasteiger partial charge < -0.3 is 35.5 Å². The third-order valence-electron chi connectivity index (χ3n) is 9.32. The van der Waals surface area contributed by atoms with E-state index in [1.54, 1.807) is 0 Å². The lowest BCUT2D eigenvalue weighted by Gasteiger charge is -2.62. The molecule has 1 aromatic carbocycles. The number of carboxylic acids is 2. The van der Waals surface area contributed by atoms with Crippen LogP contribution in [0.3, 0.4) is 0 Å². The summed E-state index contributed by atoms with van der Waals surface area (Å²) in [5, 5.41) is 55.3. The van der Waals surface area contributed by atoms with Crippen LogP contribution >= 0.6 is 15.9 Å². The molecule has 5 heterocycles. The van der Waals surface area contributed by atoms with Crippen LogP contribution in [0.15, 0.2) is 22.7 Å². The Labute approximate surface area is 210 Å². The SMILES string of the molecule is CC[C@@H]1[C@@H]2C[C@H]3[C@@H]4N(C)c5ccc(Br)cc5[C@]45C[C@@H](C2[C@@H]5O)N3[C@H]1O.O=C(O)[C@H](O)[C@@H](O)C(=O)O. The van der Waals surface area contributed by atoms with Gasteiger partial charge in [0.2, 0.25) is 0 Å². The van der Waals surface area contributed by atoms with E-state index in [-0.39, 0.29) is 23.8 Å². The number of nitrogens with zero attached hydrogens (tertiary/aromatic N) is 2. The second kappa shape index (κ2) is 8.39. The number of halogens is 1. The van der Waals surface area contributed by atoms with Gasteiger partial charge in [0.05, 0.1) is 12.1 Å². The monoisotopic (exact) mass is 554 g/mol. The first-order valence-electron chi connectivity index (χ1n) is 12.0. The molecule has 0 aromatic heterocycles. The summed E-state index contributed by atoms with van der Waals surface area (Å²) in [4.78, 5) is 24.4. The largest absolute Gasteiger partial charge is 0.479 e. The van der Waals surface area contributed by atoms with E-state index in [0.717, 1.165) is 23.7 Å². The zero-order valence-electron chi connectivity index (χ0n) is 19.4. The zero-order chi connectivity index (χ0) is 25.6. The third kappa shape index (κ3) is 3.18. The Morgan fingerprint density at radius 2 is 1.77 bits per heavy atom. The van der Waals surface area contributed by atoms with E-state index in [1.807, 2.05) is 0 Å². The van der Waals surface area contributed by atoms with E-state index < -0.39 is 24.1 Å². The lowest BCUT2D eigenvalue weighted by Crippen LogP contribution is -2.72. The number of piperidine rings is 4. The van der Waals surface area contributed by atoms with Gasteiger partial charge in [0.25, 0.3) is 0 Å². The highest BCUT2D eigenvalue weighted by molar-refractivity contribution is 9.10. The van der Waals surface area contributed by atoms with Crippen LogP contribution in [-0.4, -0.2) is 97.2 Å². The molecule has 12 atom stereocenters. The van der Waals surface area contributed by atoms with E-state index >= 15 is 0 Å². The zero-order valence-corrected chi connectivity index (χ0v) is 21.0. The molecule has 4 saturated heterocycles. The highest BCUT2D eigenvalue weighted by atomic mass is 79.9. The minimum absolute atomic E-state index is 0.165. The van der Waals surface area contributed by atoms with Gasteiger partial charge in [-0.05, 0) is 48.9 Å². The lowest BCUT2D eigenvalue weighted by molar-refractivity contribution is -0.211. The van der Waals surface area contributed by atoms with Crippen molar-refractivity contribution < 1.29 is 40.2 Å². The molecule has 10 nitrogen and oxygen atoms in total. The molecule has 1 aromatic rings. The van der Waals surface area contributed by atoms with Crippen molar-refractivity contribution in [2.45, 2.75) is 74.3 Å². The van der Waals surface area contributed by atoms with Gasteiger partial charge in [-0.2, -0.15) is 0 Å². The van der Waals surface area contributed by atoms with Crippen molar-refractivity contribution in [1.29, 1.82) is 0 Å². The molecule has 1 spiro atoms. The fraction of sp³-hybridized carbons (Fsp3) is 0.667. The molecule has 5 fully saturated rings. The smallest absolute Gasteiger partial charge is 0.335 e. The maximum atomic E-state index is 11.7. The molecule has 1 saturated carbocycles. The third-order valence-corrected chi connectivity index (χ3v) is 9.82. The number of fused-ring (bicyclic) bond motifs is 2. The summed E-state index contributed by atoms with van der Waals surface area (Å²) in [6.45, 7) is 2.19. The van der Waals surface area contributed by atoms with E-state index in [0.29, 0.717) is 29.8 Å². The first-order chi connectivity index (χ1) is 16.5. The van der Waals surface area contributed by atoms with Crippen LogP contribution in [0.5, 0.6) is 0 Å². The number of aliphatic carboxylic acids is 2. The molecule has 6 aliphatic rings. The van der Waals surface area contributed by atoms with Crippen molar-refractivity contribution in [3.63, 3.8) is 0 Å². The van der Waals surface area contributed by atoms with E-state index in [2.05, 4.69) is 57.9 Å². The Hall–Kier alpha value is -1.76. The molecule has 35 heavy (non-hydrogen) atoms. The Morgan fingerprint density at radius 1 is 1.14 bits per heavy atom. The fourth-order valence-electron chi connectivity index (χ4n) is 8.16. The number of anilines is 1. The van der Waals surface area contributed by atoms with Crippen molar-refractivity contribution in [2.75, 3.05) is 11.9 Å². The van der Waals surface area contributed by atoms with Gasteiger partial charge in [-0.15, -0.1) is 0 Å². The van der Waals surface area contributed by atoms with Gasteiger partial charge in [0, 0.05) is 46.5 Å². The van der Waals surface area contributed by atoms with Crippen molar-refractivity contribution in [3.8, 4) is 0 Å². The number of hydrogen-bond acceptors (Lipinski definition) is 8. The second-order valence-electron chi connectivity index (χ2n) is 10.5. The average molecular weight is 555 g/mol. The predicted molar refractivity (Wildman–Crippen MR) is 127 cm³/mol. The number of carboxylic acid groups (broad SMARTS) is 2. The average Bonchev–Trinajstić information content (AvgIpc) is 3.19. The van der Waals surface area contributed by atoms with Crippen LogP contribution < -0.4 is 4.90 Å². The Morgan fingerprint density at radius 3 is 2.34 bits per heavy atom. The summed E-state index contributed by atoms with van der Waals surface area (Å²) < 4.78 is 1.10. The van der Waals surface area contributed by atoms with Crippen molar-refractivity contribution >= 4 is 33.6 Å². The maximum Gasteiger partial charge on any atom is 0.335 e. The maximum absolute atomic E-state index is 11.7. The molecular formula is C24H31BrN2O8. The van der Waals surface area contributed by atoms with Gasteiger partial charge >= 0.3 is 11.9 Å². The lowest BCUT2D eigenvalue weighted by atomic mass is 9.62. The standard InChI is InChI=1S/C20H25BrN2O2.C4H6O6/c1-3-10-11-7-14-17-20(12-6-9(21)4-5-13(12)22(17)2)8-15(16(11)18(20)24)23(14)19(10)25;5-1(3(7)8)2(6)4(9)10/h4-6,10-11,14-19,24-25H,3,7-8H2,1-2H3;1-2,5-6H,(H,7,8)(H,9,10)/t10-,11+,14+,15+,16?,17+,18+,19+,20-;1-,2-/m11/s1. The molecule has 6 N–H and O–H groups in total. The van der Waals surface area contributed by atoms with Gasteiger partial charge in [0.15, 0.2) is 12.2 Å². The number of rotatable bonds is 4. The number of hydrogen-bond donors (Lipinski definition) is 6. The molecule has 1 aliphatic carbocycles. The predicted octanol–water partition coefficient (Wildman–Crippen LogP) is 0.194. The summed E-state index contributed by atoms with van der Waals surface area (Å²) in [6.07, 6.45) is -2.06. The van der Waals surface area contributed by atoms with Crippen molar-refractivity contribution in [1.82, 2.24) is 4.90 Å². The van der Waals surface area contributed by atoms with Gasteiger partial charge in [0.1, 0.15) is 6.23 Å². The minimum Gasteiger partial charge on any atom is -0.479 e. The molecule has 11 heteroatoms. The molecule has 0 radical (unpaired) electrons. The number of carbonyl (C=O) groups is 2. The highest BCUT2D eigenvalue weighted by Crippen LogP contribution is 2.69. The number of aliphatic hydroxyl groups excluding tert-OH is 4. The first-order valence-corrected chi connectivity index (χ1v) is 12.7. The molecule has 0 amide bonds. The first kappa shape index (κ1) is 24.9. The van der Waals surface area contributed by atoms with Crippen LogP contribution in [0.2, 0.25) is 0 Å². The minimum atomic E-state index is -2.27. The van der Waals surface area contributed by atoms with Crippen LogP contribution in [-0.2, 0) is 15.0 Å². The molecule has 2 unspecified atom stereocenters. The van der Waals surface area contributed by atoms with Crippen molar-refractivity contribution in [2.24, 2.45) is 17.8 Å². The summed E-state index contributed by atoms with van der Waals surface area (Å²) in [6, 6.07) is 7.50. The van der Waals surface area contributed by atoms with Crippen LogP contribution in [0.25, 0.3) is 0 Å². The van der Waals surface area contributed by atoms with Crippen molar-refractivity contribution in [3.05, 3.63) is 28.2 Å². The van der Waals surface area contributed by atoms with E-state index in [9.17, 15) is 19.8 Å². The normalized spacial score (nSPS) is 43.2. The summed E-state index contributed by atoms with van der Waals surface area (Å²) in [5.74, 6) is -2.45. The van der Waals surface area contributed by atoms with Gasteiger partial charge in [-0.25, -0.2) is 9.59 Å². The summed E-state index contributed by atoms with van der Waals surface area (Å²) >= 11 is 3.65. The number of benzene rings is 1. The molecule has 5 bridgehead atoms. The quantitative estimate of drug-likeness (QED) is 0.303. The van der Waals surface area contributed by atoms with Crippen LogP contribution in [0.4, 0.5) is 5.69 Å². The highest BCUT2D eigenvalue weighted by Gasteiger charge is 2.76. The molecule has 5 aliphatic heterocycles. The number of likely N-dealkylation sites (N-methyl/N-ethyl adjacent to an activating group) is 1. The Kier molecular flexibility index (Phi) is 5.97. The van der Waals surface area contributed by atoms with Gasteiger partial charge in [-0.3, -0.25) is 4.90 Å². The van der Waals surface area contributed by atoms with Gasteiger partial charge in [-0.1, -0.05) is 22.9 Å². The Balaban J connectivity index is 0.000000218. The van der Waals surface area contributed by atoms with E-state index in [1.165, 1.54) is 11.3 Å². The number of aliphatic hydroxyl groups is 4. The van der Waals surface area contributed by atoms with Crippen LogP contribution in [0, 0.1) is 17.8 Å². The topological polar surface area (TPSA) is 162 Å². The van der Waals surface area contributed by atoms with Crippen LogP contribution in [0.1, 0.15) is 31.7 Å². The molecular weight excluding hydrogens is 524 g/mol. The second-order valence-corrected chi connectivity index (χ2v) is 11.4.